The Morgan fingerprint density at radius 1 is 1.47 bits per heavy atom. The predicted molar refractivity (Wildman–Crippen MR) is 72.0 cm³/mol. The molecule has 1 saturated heterocycles. The lowest BCUT2D eigenvalue weighted by molar-refractivity contribution is -0.402. The number of rotatable bonds is 6. The highest BCUT2D eigenvalue weighted by molar-refractivity contribution is 5.17. The first-order chi connectivity index (χ1) is 9.19. The van der Waals surface area contributed by atoms with Crippen molar-refractivity contribution in [3.63, 3.8) is 0 Å². The molecule has 0 radical (unpaired) electrons. The molecule has 1 fully saturated rings. The molecule has 0 bridgehead atoms. The molecular weight excluding hydrogens is 246 g/mol. The number of piperidine rings is 1. The first-order valence-corrected chi connectivity index (χ1v) is 6.88. The number of nitrogens with zero attached hydrogens (tertiary/aromatic N) is 2. The molecular formula is C13H21N3O3. The minimum atomic E-state index is -0.507. The van der Waals surface area contributed by atoms with Gasteiger partial charge in [-0.3, -0.25) is 10.1 Å². The molecule has 0 saturated carbocycles. The minimum absolute atomic E-state index is 0.186. The van der Waals surface area contributed by atoms with Gasteiger partial charge in [-0.25, -0.2) is 0 Å². The molecule has 0 atom stereocenters. The predicted octanol–water partition coefficient (Wildman–Crippen LogP) is 2.15. The quantitative estimate of drug-likeness (QED) is 0.631. The van der Waals surface area contributed by atoms with Crippen LogP contribution in [-0.4, -0.2) is 35.5 Å². The monoisotopic (exact) mass is 267 g/mol. The maximum absolute atomic E-state index is 10.5. The molecule has 0 spiro atoms. The summed E-state index contributed by atoms with van der Waals surface area (Å²) in [4.78, 5) is 12.5. The van der Waals surface area contributed by atoms with Crippen molar-refractivity contribution in [1.82, 2.24) is 10.2 Å². The van der Waals surface area contributed by atoms with Crippen LogP contribution in [0.5, 0.6) is 0 Å². The third-order valence-electron chi connectivity index (χ3n) is 3.52. The maximum atomic E-state index is 10.5. The van der Waals surface area contributed by atoms with Crippen LogP contribution in [0.2, 0.25) is 0 Å². The van der Waals surface area contributed by atoms with Crippen LogP contribution >= 0.6 is 0 Å². The zero-order valence-corrected chi connectivity index (χ0v) is 11.3. The molecule has 0 aromatic carbocycles. The van der Waals surface area contributed by atoms with Crippen molar-refractivity contribution in [2.24, 2.45) is 0 Å². The van der Waals surface area contributed by atoms with Gasteiger partial charge in [-0.15, -0.1) is 0 Å². The summed E-state index contributed by atoms with van der Waals surface area (Å²) in [5.74, 6) is 0.442. The Balaban J connectivity index is 1.72. The number of furan rings is 1. The Morgan fingerprint density at radius 3 is 2.79 bits per heavy atom. The molecule has 1 aliphatic rings. The zero-order chi connectivity index (χ0) is 13.7. The van der Waals surface area contributed by atoms with Gasteiger partial charge in [0.2, 0.25) is 0 Å². The fourth-order valence-electron chi connectivity index (χ4n) is 2.48. The molecule has 1 aromatic heterocycles. The lowest BCUT2D eigenvalue weighted by Crippen LogP contribution is -2.42. The Morgan fingerprint density at radius 2 is 2.21 bits per heavy atom. The van der Waals surface area contributed by atoms with E-state index in [-0.39, 0.29) is 5.88 Å². The molecule has 0 amide bonds. The van der Waals surface area contributed by atoms with Crippen molar-refractivity contribution in [1.29, 1.82) is 0 Å². The summed E-state index contributed by atoms with van der Waals surface area (Å²) in [5, 5.41) is 13.9. The first kappa shape index (κ1) is 14.0. The number of hydrogen-bond acceptors (Lipinski definition) is 5. The summed E-state index contributed by atoms with van der Waals surface area (Å²) in [6, 6.07) is 3.55. The summed E-state index contributed by atoms with van der Waals surface area (Å²) in [6.45, 7) is 6.20. The van der Waals surface area contributed by atoms with Crippen LogP contribution in [-0.2, 0) is 6.54 Å². The van der Waals surface area contributed by atoms with E-state index in [1.165, 1.54) is 19.0 Å². The lowest BCUT2D eigenvalue weighted by Gasteiger charge is -2.32. The molecule has 19 heavy (non-hydrogen) atoms. The molecule has 6 heteroatoms. The van der Waals surface area contributed by atoms with Gasteiger partial charge in [0.05, 0.1) is 12.6 Å². The Labute approximate surface area is 112 Å². The van der Waals surface area contributed by atoms with Crippen LogP contribution in [0.1, 0.15) is 31.9 Å². The number of nitro groups is 1. The second-order valence-electron chi connectivity index (χ2n) is 4.99. The van der Waals surface area contributed by atoms with Crippen molar-refractivity contribution in [2.45, 2.75) is 38.8 Å². The topological polar surface area (TPSA) is 71.5 Å². The van der Waals surface area contributed by atoms with E-state index in [9.17, 15) is 10.1 Å². The van der Waals surface area contributed by atoms with E-state index in [1.54, 1.807) is 6.07 Å². The van der Waals surface area contributed by atoms with Gasteiger partial charge in [0.15, 0.2) is 0 Å². The third kappa shape index (κ3) is 4.04. The number of hydrogen-bond donors (Lipinski definition) is 1. The lowest BCUT2D eigenvalue weighted by atomic mass is 10.0. The van der Waals surface area contributed by atoms with E-state index in [0.29, 0.717) is 18.3 Å². The van der Waals surface area contributed by atoms with Crippen LogP contribution < -0.4 is 5.32 Å². The van der Waals surface area contributed by atoms with Crippen molar-refractivity contribution < 1.29 is 9.34 Å². The maximum Gasteiger partial charge on any atom is 0.433 e. The smallest absolute Gasteiger partial charge is 0.404 e. The SMILES string of the molecule is CCCN1CCC(NCc2ccc([N+](=O)[O-])o2)CC1. The molecule has 2 heterocycles. The van der Waals surface area contributed by atoms with E-state index in [0.717, 1.165) is 25.9 Å². The van der Waals surface area contributed by atoms with Crippen molar-refractivity contribution in [2.75, 3.05) is 19.6 Å². The van der Waals surface area contributed by atoms with Crippen molar-refractivity contribution >= 4 is 5.88 Å². The highest BCUT2D eigenvalue weighted by Crippen LogP contribution is 2.16. The van der Waals surface area contributed by atoms with Gasteiger partial charge < -0.3 is 14.6 Å². The summed E-state index contributed by atoms with van der Waals surface area (Å²) in [6.07, 6.45) is 3.46. The Bertz CT molecular complexity index is 411. The molecule has 1 aliphatic heterocycles. The second kappa shape index (κ2) is 6.68. The molecule has 1 N–H and O–H groups in total. The molecule has 0 aliphatic carbocycles. The highest BCUT2D eigenvalue weighted by atomic mass is 16.6. The molecule has 106 valence electrons. The van der Waals surface area contributed by atoms with Crippen LogP contribution in [0.25, 0.3) is 0 Å². The summed E-state index contributed by atoms with van der Waals surface area (Å²) in [7, 11) is 0. The minimum Gasteiger partial charge on any atom is -0.404 e. The average Bonchev–Trinajstić information content (AvgIpc) is 2.87. The van der Waals surface area contributed by atoms with Gasteiger partial charge >= 0.3 is 5.88 Å². The normalized spacial score (nSPS) is 17.7. The molecule has 1 aromatic rings. The summed E-state index contributed by atoms with van der Waals surface area (Å²) >= 11 is 0. The summed E-state index contributed by atoms with van der Waals surface area (Å²) in [5.41, 5.74) is 0. The first-order valence-electron chi connectivity index (χ1n) is 6.88. The van der Waals surface area contributed by atoms with Crippen LogP contribution in [0.4, 0.5) is 5.88 Å². The van der Waals surface area contributed by atoms with Crippen LogP contribution in [0.15, 0.2) is 16.5 Å². The number of nitrogens with one attached hydrogen (secondary N) is 1. The highest BCUT2D eigenvalue weighted by Gasteiger charge is 2.19. The van der Waals surface area contributed by atoms with E-state index in [2.05, 4.69) is 17.1 Å². The summed E-state index contributed by atoms with van der Waals surface area (Å²) < 4.78 is 5.12. The second-order valence-corrected chi connectivity index (χ2v) is 4.99. The van der Waals surface area contributed by atoms with Gasteiger partial charge in [-0.2, -0.15) is 0 Å². The van der Waals surface area contributed by atoms with E-state index < -0.39 is 4.92 Å². The zero-order valence-electron chi connectivity index (χ0n) is 11.3. The molecule has 6 nitrogen and oxygen atoms in total. The van der Waals surface area contributed by atoms with Gasteiger partial charge in [-0.05, 0) is 45.0 Å². The van der Waals surface area contributed by atoms with Crippen molar-refractivity contribution in [3.05, 3.63) is 28.0 Å². The van der Waals surface area contributed by atoms with Gasteiger partial charge in [0.1, 0.15) is 10.7 Å². The van der Waals surface area contributed by atoms with Gasteiger partial charge in [0.25, 0.3) is 0 Å². The third-order valence-corrected chi connectivity index (χ3v) is 3.52. The largest absolute Gasteiger partial charge is 0.433 e. The van der Waals surface area contributed by atoms with Crippen LogP contribution in [0, 0.1) is 10.1 Å². The molecule has 2 rings (SSSR count). The van der Waals surface area contributed by atoms with E-state index in [4.69, 9.17) is 4.42 Å². The molecule has 0 unspecified atom stereocenters. The van der Waals surface area contributed by atoms with E-state index >= 15 is 0 Å². The Kier molecular flexibility index (Phi) is 4.93. The fraction of sp³-hybridized carbons (Fsp3) is 0.692. The average molecular weight is 267 g/mol. The van der Waals surface area contributed by atoms with Gasteiger partial charge in [-0.1, -0.05) is 6.92 Å². The fourth-order valence-corrected chi connectivity index (χ4v) is 2.48. The Hall–Kier alpha value is -1.40. The van der Waals surface area contributed by atoms with Crippen molar-refractivity contribution in [3.8, 4) is 0 Å². The standard InChI is InChI=1S/C13H21N3O3/c1-2-7-15-8-5-11(6-9-15)14-10-12-3-4-13(19-12)16(17)18/h3-4,11,14H,2,5-10H2,1H3. The van der Waals surface area contributed by atoms with Crippen LogP contribution in [0.3, 0.4) is 0 Å². The number of likely N-dealkylation sites (tertiary alicyclic amines) is 1. The van der Waals surface area contributed by atoms with E-state index in [1.807, 2.05) is 0 Å². The van der Waals surface area contributed by atoms with Gasteiger partial charge in [0, 0.05) is 6.04 Å².